The molecule has 19 heavy (non-hydrogen) atoms. The monoisotopic (exact) mass is 321 g/mol. The Hall–Kier alpha value is -1.13. The van der Waals surface area contributed by atoms with Gasteiger partial charge in [-0.1, -0.05) is 12.2 Å². The maximum atomic E-state index is 4.56. The second kappa shape index (κ2) is 6.87. The molecular formula is C15H20BrN3. The lowest BCUT2D eigenvalue weighted by molar-refractivity contribution is 0.683. The zero-order valence-corrected chi connectivity index (χ0v) is 12.7. The van der Waals surface area contributed by atoms with Crippen molar-refractivity contribution in [1.29, 1.82) is 0 Å². The Morgan fingerprint density at radius 1 is 1.37 bits per heavy atom. The molecule has 1 aromatic heterocycles. The van der Waals surface area contributed by atoms with Crippen LogP contribution >= 0.6 is 15.9 Å². The van der Waals surface area contributed by atoms with Crippen LogP contribution in [0.3, 0.4) is 0 Å². The van der Waals surface area contributed by atoms with Crippen molar-refractivity contribution in [2.24, 2.45) is 0 Å². The first kappa shape index (κ1) is 14.3. The summed E-state index contributed by atoms with van der Waals surface area (Å²) in [4.78, 5) is 6.73. The number of pyridine rings is 1. The lowest BCUT2D eigenvalue weighted by atomic mass is 10.2. The van der Waals surface area contributed by atoms with E-state index in [2.05, 4.69) is 50.4 Å². The Bertz CT molecular complexity index is 445. The number of nitrogens with one attached hydrogen (secondary N) is 1. The second-order valence-corrected chi connectivity index (χ2v) is 5.69. The van der Waals surface area contributed by atoms with Crippen molar-refractivity contribution >= 4 is 21.7 Å². The first-order valence-electron chi connectivity index (χ1n) is 6.59. The minimum absolute atomic E-state index is 0.694. The summed E-state index contributed by atoms with van der Waals surface area (Å²) in [5, 5.41) is 3.54. The van der Waals surface area contributed by atoms with Crippen molar-refractivity contribution in [3.63, 3.8) is 0 Å². The molecule has 0 atom stereocenters. The summed E-state index contributed by atoms with van der Waals surface area (Å²) in [6.45, 7) is 10.0. The summed E-state index contributed by atoms with van der Waals surface area (Å²) in [6.07, 6.45) is 8.21. The van der Waals surface area contributed by atoms with Gasteiger partial charge in [-0.05, 0) is 34.8 Å². The van der Waals surface area contributed by atoms with E-state index >= 15 is 0 Å². The van der Waals surface area contributed by atoms with Gasteiger partial charge in [0.1, 0.15) is 5.82 Å². The van der Waals surface area contributed by atoms with Crippen molar-refractivity contribution in [3.05, 3.63) is 47.6 Å². The Morgan fingerprint density at radius 3 is 2.63 bits per heavy atom. The predicted molar refractivity (Wildman–Crippen MR) is 84.4 cm³/mol. The largest absolute Gasteiger partial charge is 0.349 e. The molecule has 1 N–H and O–H groups in total. The van der Waals surface area contributed by atoms with Crippen LogP contribution in [0, 0.1) is 0 Å². The maximum absolute atomic E-state index is 4.56. The topological polar surface area (TPSA) is 28.2 Å². The number of nitrogens with zero attached hydrogens (tertiary/aromatic N) is 2. The highest BCUT2D eigenvalue weighted by Crippen LogP contribution is 2.24. The summed E-state index contributed by atoms with van der Waals surface area (Å²) in [7, 11) is 0. The number of halogens is 1. The van der Waals surface area contributed by atoms with Gasteiger partial charge >= 0.3 is 0 Å². The highest BCUT2D eigenvalue weighted by atomic mass is 79.9. The van der Waals surface area contributed by atoms with Gasteiger partial charge in [-0.25, -0.2) is 4.98 Å². The van der Waals surface area contributed by atoms with E-state index in [-0.39, 0.29) is 0 Å². The molecule has 0 saturated heterocycles. The molecule has 1 aliphatic rings. The molecule has 1 heterocycles. The van der Waals surface area contributed by atoms with Gasteiger partial charge in [0.2, 0.25) is 0 Å². The molecule has 1 fully saturated rings. The third-order valence-corrected chi connectivity index (χ3v) is 3.50. The van der Waals surface area contributed by atoms with Crippen LogP contribution in [0.4, 0.5) is 5.82 Å². The zero-order chi connectivity index (χ0) is 13.7. The van der Waals surface area contributed by atoms with Crippen LogP contribution < -0.4 is 10.2 Å². The highest BCUT2D eigenvalue weighted by molar-refractivity contribution is 9.10. The second-order valence-electron chi connectivity index (χ2n) is 4.77. The normalized spacial score (nSPS) is 14.2. The van der Waals surface area contributed by atoms with E-state index in [1.54, 1.807) is 0 Å². The fourth-order valence-electron chi connectivity index (χ4n) is 1.99. The average Bonchev–Trinajstić information content (AvgIpc) is 3.20. The van der Waals surface area contributed by atoms with Crippen molar-refractivity contribution in [3.8, 4) is 0 Å². The highest BCUT2D eigenvalue weighted by Gasteiger charge is 2.21. The van der Waals surface area contributed by atoms with Gasteiger partial charge in [-0.15, -0.1) is 13.2 Å². The lowest BCUT2D eigenvalue weighted by Gasteiger charge is -2.23. The fraction of sp³-hybridized carbons (Fsp3) is 0.400. The van der Waals surface area contributed by atoms with E-state index in [0.29, 0.717) is 6.04 Å². The number of anilines is 1. The van der Waals surface area contributed by atoms with Crippen molar-refractivity contribution < 1.29 is 0 Å². The predicted octanol–water partition coefficient (Wildman–Crippen LogP) is 3.27. The summed E-state index contributed by atoms with van der Waals surface area (Å²) in [6, 6.07) is 2.83. The van der Waals surface area contributed by atoms with Gasteiger partial charge in [-0.2, -0.15) is 0 Å². The maximum Gasteiger partial charge on any atom is 0.133 e. The van der Waals surface area contributed by atoms with Gasteiger partial charge < -0.3 is 10.2 Å². The lowest BCUT2D eigenvalue weighted by Crippen LogP contribution is -2.27. The molecule has 2 rings (SSSR count). The van der Waals surface area contributed by atoms with Crippen molar-refractivity contribution in [1.82, 2.24) is 10.3 Å². The third-order valence-electron chi connectivity index (χ3n) is 3.07. The molecule has 1 saturated carbocycles. The SMILES string of the molecule is C=CCN(CC=C)c1ncc(Br)cc1CNC1CC1. The molecule has 1 aromatic rings. The molecule has 0 spiro atoms. The first-order chi connectivity index (χ1) is 9.24. The van der Waals surface area contributed by atoms with E-state index in [1.165, 1.54) is 18.4 Å². The standard InChI is InChI=1S/C15H20BrN3/c1-3-7-19(8-4-2)15-12(9-13(16)11-18-15)10-17-14-5-6-14/h3-4,9,11,14,17H,1-2,5-8,10H2. The fourth-order valence-corrected chi connectivity index (χ4v) is 2.37. The number of hydrogen-bond acceptors (Lipinski definition) is 3. The molecule has 0 unspecified atom stereocenters. The van der Waals surface area contributed by atoms with Crippen LogP contribution in [-0.2, 0) is 6.54 Å². The summed E-state index contributed by atoms with van der Waals surface area (Å²) in [5.41, 5.74) is 1.21. The summed E-state index contributed by atoms with van der Waals surface area (Å²) >= 11 is 3.50. The molecule has 4 heteroatoms. The van der Waals surface area contributed by atoms with Crippen LogP contribution in [0.1, 0.15) is 18.4 Å². The number of hydrogen-bond donors (Lipinski definition) is 1. The summed E-state index contributed by atoms with van der Waals surface area (Å²) in [5.74, 6) is 1.01. The van der Waals surface area contributed by atoms with Crippen LogP contribution in [-0.4, -0.2) is 24.1 Å². The molecular weight excluding hydrogens is 302 g/mol. The van der Waals surface area contributed by atoms with E-state index in [0.717, 1.165) is 29.9 Å². The minimum Gasteiger partial charge on any atom is -0.349 e. The molecule has 1 aliphatic carbocycles. The van der Waals surface area contributed by atoms with Crippen LogP contribution in [0.25, 0.3) is 0 Å². The zero-order valence-electron chi connectivity index (χ0n) is 11.1. The van der Waals surface area contributed by atoms with Crippen LogP contribution in [0.2, 0.25) is 0 Å². The molecule has 3 nitrogen and oxygen atoms in total. The Morgan fingerprint density at radius 2 is 2.05 bits per heavy atom. The Kier molecular flexibility index (Phi) is 5.16. The van der Waals surface area contributed by atoms with E-state index < -0.39 is 0 Å². The Balaban J connectivity index is 2.18. The van der Waals surface area contributed by atoms with Crippen LogP contribution in [0.15, 0.2) is 42.0 Å². The minimum atomic E-state index is 0.694. The molecule has 0 aromatic carbocycles. The van der Waals surface area contributed by atoms with Crippen LogP contribution in [0.5, 0.6) is 0 Å². The van der Waals surface area contributed by atoms with Gasteiger partial charge in [0.15, 0.2) is 0 Å². The Labute approximate surface area is 123 Å². The third kappa shape index (κ3) is 4.18. The molecule has 0 bridgehead atoms. The van der Waals surface area contributed by atoms with E-state index in [4.69, 9.17) is 0 Å². The van der Waals surface area contributed by atoms with E-state index in [9.17, 15) is 0 Å². The molecule has 0 aliphatic heterocycles. The quantitative estimate of drug-likeness (QED) is 0.745. The number of rotatable bonds is 8. The molecule has 0 amide bonds. The van der Waals surface area contributed by atoms with Gasteiger partial charge in [-0.3, -0.25) is 0 Å². The van der Waals surface area contributed by atoms with Gasteiger partial charge in [0, 0.05) is 41.9 Å². The smallest absolute Gasteiger partial charge is 0.133 e. The van der Waals surface area contributed by atoms with Gasteiger partial charge in [0.25, 0.3) is 0 Å². The first-order valence-corrected chi connectivity index (χ1v) is 7.38. The van der Waals surface area contributed by atoms with E-state index in [1.807, 2.05) is 18.3 Å². The molecule has 102 valence electrons. The summed E-state index contributed by atoms with van der Waals surface area (Å²) < 4.78 is 1.01. The van der Waals surface area contributed by atoms with Crippen molar-refractivity contribution in [2.45, 2.75) is 25.4 Å². The molecule has 0 radical (unpaired) electrons. The van der Waals surface area contributed by atoms with Gasteiger partial charge in [0.05, 0.1) is 0 Å². The average molecular weight is 322 g/mol. The number of aromatic nitrogens is 1. The van der Waals surface area contributed by atoms with Crippen molar-refractivity contribution in [2.75, 3.05) is 18.0 Å².